The zero-order valence-electron chi connectivity index (χ0n) is 24.8. The third kappa shape index (κ3) is 5.37. The van der Waals surface area contributed by atoms with Crippen LogP contribution in [0.4, 0.5) is 0 Å². The zero-order valence-corrected chi connectivity index (χ0v) is 25.7. The molecule has 0 radical (unpaired) electrons. The van der Waals surface area contributed by atoms with E-state index in [1.807, 2.05) is 0 Å². The minimum atomic E-state index is -5.00. The van der Waals surface area contributed by atoms with Crippen molar-refractivity contribution >= 4 is 13.8 Å². The van der Waals surface area contributed by atoms with E-state index in [0.717, 1.165) is 0 Å². The van der Waals surface area contributed by atoms with Gasteiger partial charge in [0.25, 0.3) is 0 Å². The van der Waals surface area contributed by atoms with Crippen LogP contribution in [0.15, 0.2) is 24.3 Å². The predicted octanol–water partition coefficient (Wildman–Crippen LogP) is 1.10. The first kappa shape index (κ1) is 31.4. The number of benzene rings is 2. The second-order valence-electron chi connectivity index (χ2n) is 11.6. The summed E-state index contributed by atoms with van der Waals surface area (Å²) in [5.41, 5.74) is 1.65. The Balaban J connectivity index is 1.32. The molecule has 7 rings (SSSR count). The normalized spacial score (nSPS) is 34.6. The van der Waals surface area contributed by atoms with Crippen LogP contribution >= 0.6 is 7.82 Å². The van der Waals surface area contributed by atoms with Gasteiger partial charge in [0.05, 0.1) is 39.5 Å². The minimum absolute atomic E-state index is 0.0303. The Hall–Kier alpha value is -3.18. The molecular weight excluding hydrogens is 635 g/mol. The van der Waals surface area contributed by atoms with Crippen LogP contribution in [0.5, 0.6) is 28.7 Å². The Kier molecular flexibility index (Phi) is 8.07. The van der Waals surface area contributed by atoms with Crippen molar-refractivity contribution < 1.29 is 76.5 Å². The van der Waals surface area contributed by atoms with Gasteiger partial charge in [-0.1, -0.05) is 0 Å². The molecule has 250 valence electrons. The van der Waals surface area contributed by atoms with Gasteiger partial charge in [-0.3, -0.25) is 14.6 Å². The third-order valence-electron chi connectivity index (χ3n) is 8.94. The van der Waals surface area contributed by atoms with Gasteiger partial charge in [0.2, 0.25) is 12.5 Å². The summed E-state index contributed by atoms with van der Waals surface area (Å²) in [5, 5.41) is 22.0. The number of carbonyl (C=O) groups is 1. The molecule has 1 aliphatic carbocycles. The van der Waals surface area contributed by atoms with Gasteiger partial charge in [-0.2, -0.15) is 0 Å². The number of rotatable bonds is 7. The van der Waals surface area contributed by atoms with Crippen LogP contribution in [-0.4, -0.2) is 97.2 Å². The van der Waals surface area contributed by atoms with E-state index in [1.165, 1.54) is 26.4 Å². The highest BCUT2D eigenvalue weighted by molar-refractivity contribution is 7.46. The Morgan fingerprint density at radius 1 is 0.891 bits per heavy atom. The molecule has 0 amide bonds. The van der Waals surface area contributed by atoms with Crippen LogP contribution in [0, 0.1) is 11.8 Å². The van der Waals surface area contributed by atoms with Gasteiger partial charge in [0, 0.05) is 11.8 Å². The maximum Gasteiger partial charge on any atom is 0.525 e. The van der Waals surface area contributed by atoms with E-state index >= 15 is 0 Å². The number of aliphatic hydroxyl groups is 2. The molecule has 17 heteroatoms. The lowest BCUT2D eigenvalue weighted by molar-refractivity contribution is -0.364. The average Bonchev–Trinajstić information content (AvgIpc) is 3.64. The van der Waals surface area contributed by atoms with Crippen LogP contribution in [0.2, 0.25) is 0 Å². The molecule has 4 N–H and O–H groups in total. The number of ether oxygens (including phenoxy) is 9. The van der Waals surface area contributed by atoms with E-state index in [1.54, 1.807) is 19.1 Å². The Bertz CT molecular complexity index is 1530. The molecule has 10 atom stereocenters. The maximum absolute atomic E-state index is 13.5. The Morgan fingerprint density at radius 2 is 1.57 bits per heavy atom. The van der Waals surface area contributed by atoms with Crippen LogP contribution in [0.1, 0.15) is 35.6 Å². The SMILES string of the molecule is COc1cc([C@H]2c3cc4c(cc3[C@@H](O[C@H]3O[C@H]5CO[C@@H](C)O[C@@H]5[C@@H](O)[C@@H]3O)[C@H]3COC(=O)[C@H]23)OCO4)cc(OC)c1OP(=O)(O)O. The highest BCUT2D eigenvalue weighted by atomic mass is 31.2. The van der Waals surface area contributed by atoms with E-state index in [9.17, 15) is 29.4 Å². The lowest BCUT2D eigenvalue weighted by Gasteiger charge is -2.47. The predicted molar refractivity (Wildman–Crippen MR) is 149 cm³/mol. The summed E-state index contributed by atoms with van der Waals surface area (Å²) >= 11 is 0. The van der Waals surface area contributed by atoms with Crippen molar-refractivity contribution in [2.45, 2.75) is 55.9 Å². The van der Waals surface area contributed by atoms with Crippen molar-refractivity contribution in [3.05, 3.63) is 41.0 Å². The number of carbonyl (C=O) groups excluding carboxylic acids is 1. The van der Waals surface area contributed by atoms with E-state index in [4.69, 9.17) is 47.2 Å². The molecule has 2 aromatic rings. The average molecular weight is 669 g/mol. The molecule has 2 aromatic carbocycles. The standard InChI is InChI=1S/C29H33O16P/c1-11-38-9-20-27(42-11)23(30)24(31)29(43-20)44-25-14-7-17-16(40-10-41-17)6-13(14)21(22-15(25)8-39-28(22)32)12-4-18(36-2)26(19(5-12)37-3)45-46(33,34)35/h4-7,11,15,20-25,27,29-31H,8-10H2,1-3H3,(H2,33,34,35)/t11-,15+,20+,21+,22+,23+,24+,25-,27+,29-/m1/s1. The molecule has 0 saturated carbocycles. The van der Waals surface area contributed by atoms with Gasteiger partial charge in [-0.05, 0) is 47.9 Å². The number of aliphatic hydroxyl groups excluding tert-OH is 2. The second-order valence-corrected chi connectivity index (χ2v) is 12.7. The first-order valence-electron chi connectivity index (χ1n) is 14.5. The van der Waals surface area contributed by atoms with Gasteiger partial charge in [-0.15, -0.1) is 0 Å². The largest absolute Gasteiger partial charge is 0.525 e. The Labute approximate surface area is 262 Å². The second kappa shape index (κ2) is 11.8. The fourth-order valence-electron chi connectivity index (χ4n) is 6.93. The number of cyclic esters (lactones) is 1. The number of esters is 1. The molecule has 0 aromatic heterocycles. The summed E-state index contributed by atoms with van der Waals surface area (Å²) in [7, 11) is -2.40. The van der Waals surface area contributed by atoms with Crippen molar-refractivity contribution in [3.8, 4) is 28.7 Å². The quantitative estimate of drug-likeness (QED) is 0.241. The Morgan fingerprint density at radius 3 is 2.22 bits per heavy atom. The molecule has 3 fully saturated rings. The summed E-state index contributed by atoms with van der Waals surface area (Å²) in [6.45, 7) is 1.72. The lowest BCUT2D eigenvalue weighted by atomic mass is 9.66. The van der Waals surface area contributed by atoms with E-state index in [-0.39, 0.29) is 37.3 Å². The summed E-state index contributed by atoms with van der Waals surface area (Å²) in [6.07, 6.45) is -7.18. The number of methoxy groups -OCH3 is 2. The number of phosphoric ester groups is 1. The van der Waals surface area contributed by atoms with Crippen molar-refractivity contribution in [2.75, 3.05) is 34.2 Å². The van der Waals surface area contributed by atoms with Crippen LogP contribution in [-0.2, 0) is 33.0 Å². The zero-order chi connectivity index (χ0) is 32.5. The first-order chi connectivity index (χ1) is 22.0. The fourth-order valence-corrected chi connectivity index (χ4v) is 7.35. The van der Waals surface area contributed by atoms with Crippen LogP contribution in [0.25, 0.3) is 0 Å². The molecule has 4 aliphatic heterocycles. The molecule has 0 spiro atoms. The molecule has 0 unspecified atom stereocenters. The highest BCUT2D eigenvalue weighted by Crippen LogP contribution is 2.57. The summed E-state index contributed by atoms with van der Waals surface area (Å²) in [5.74, 6) is -2.25. The monoisotopic (exact) mass is 668 g/mol. The maximum atomic E-state index is 13.5. The van der Waals surface area contributed by atoms with Crippen molar-refractivity contribution in [2.24, 2.45) is 11.8 Å². The van der Waals surface area contributed by atoms with Crippen LogP contribution in [0.3, 0.4) is 0 Å². The molecule has 16 nitrogen and oxygen atoms in total. The molecule has 5 aliphatic rings. The van der Waals surface area contributed by atoms with Gasteiger partial charge in [-0.25, -0.2) is 4.57 Å². The van der Waals surface area contributed by atoms with E-state index in [2.05, 4.69) is 0 Å². The van der Waals surface area contributed by atoms with E-state index in [0.29, 0.717) is 28.2 Å². The van der Waals surface area contributed by atoms with Crippen molar-refractivity contribution in [1.29, 1.82) is 0 Å². The van der Waals surface area contributed by atoms with E-state index < -0.39 is 74.6 Å². The van der Waals surface area contributed by atoms with Gasteiger partial charge in [0.15, 0.2) is 35.6 Å². The molecule has 0 bridgehead atoms. The van der Waals surface area contributed by atoms with Crippen molar-refractivity contribution in [1.82, 2.24) is 0 Å². The summed E-state index contributed by atoms with van der Waals surface area (Å²) < 4.78 is 68.1. The number of hydrogen-bond donors (Lipinski definition) is 4. The van der Waals surface area contributed by atoms with Gasteiger partial charge >= 0.3 is 13.8 Å². The van der Waals surface area contributed by atoms with Crippen LogP contribution < -0.4 is 23.5 Å². The topological polar surface area (TPSA) is 207 Å². The number of hydrogen-bond acceptors (Lipinski definition) is 14. The highest BCUT2D eigenvalue weighted by Gasteiger charge is 2.56. The fraction of sp³-hybridized carbons (Fsp3) is 0.552. The molecule has 4 heterocycles. The lowest BCUT2D eigenvalue weighted by Crippen LogP contribution is -2.63. The summed E-state index contributed by atoms with van der Waals surface area (Å²) in [4.78, 5) is 32.5. The van der Waals surface area contributed by atoms with Crippen molar-refractivity contribution in [3.63, 3.8) is 0 Å². The first-order valence-corrected chi connectivity index (χ1v) is 16.1. The third-order valence-corrected chi connectivity index (χ3v) is 9.36. The molecule has 3 saturated heterocycles. The smallest absolute Gasteiger partial charge is 0.493 e. The summed E-state index contributed by atoms with van der Waals surface area (Å²) in [6, 6.07) is 6.47. The number of phosphoric acid groups is 1. The molecular formula is C29H33O16P. The van der Waals surface area contributed by atoms with Gasteiger partial charge < -0.3 is 57.4 Å². The molecule has 46 heavy (non-hydrogen) atoms. The number of fused-ring (bicyclic) bond motifs is 4. The minimum Gasteiger partial charge on any atom is -0.493 e. The van der Waals surface area contributed by atoms with Gasteiger partial charge in [0.1, 0.15) is 24.4 Å².